The van der Waals surface area contributed by atoms with Crippen LogP contribution in [0.25, 0.3) is 0 Å². The molecule has 1 heterocycles. The van der Waals surface area contributed by atoms with Crippen LogP contribution >= 0.6 is 0 Å². The molecule has 0 radical (unpaired) electrons. The van der Waals surface area contributed by atoms with E-state index in [1.165, 1.54) is 0 Å². The largest absolute Gasteiger partial charge is 0.503 e. The number of H-pyrrole nitrogens is 1. The van der Waals surface area contributed by atoms with Gasteiger partial charge in [0.1, 0.15) is 9.85 Å². The lowest BCUT2D eigenvalue weighted by molar-refractivity contribution is -0.753. The highest BCUT2D eigenvalue weighted by Gasteiger charge is 2.45. The van der Waals surface area contributed by atoms with Gasteiger partial charge in [-0.25, -0.2) is 0 Å². The topological polar surface area (TPSA) is 283 Å². The standard InChI is InChI=1S/C3H2N6O6.C2H7N5/c10-7(11)2-1(4-6-5-2)3(8(12)13)9(14)15;3-1(4)7-2(5)6/h3H,(H,4,5,6);(H7,3,4,5,6,7). The molecule has 0 saturated heterocycles. The minimum absolute atomic E-state index is 0.312. The Kier molecular flexibility index (Phi) is 6.26. The smallest absolute Gasteiger partial charge is 0.370 e. The molecule has 0 spiro atoms. The molecule has 0 aromatic carbocycles. The quantitative estimate of drug-likeness (QED) is 0.112. The van der Waals surface area contributed by atoms with Gasteiger partial charge in [0.25, 0.3) is 0 Å². The molecule has 0 saturated carbocycles. The summed E-state index contributed by atoms with van der Waals surface area (Å²) in [6.07, 6.45) is -2.50. The summed E-state index contributed by atoms with van der Waals surface area (Å²) in [6, 6.07) is 0. The molecular formula is C5H9N11O6. The number of hydrogen-bond acceptors (Lipinski definition) is 10. The summed E-state index contributed by atoms with van der Waals surface area (Å²) in [5.41, 5.74) is 8.55. The zero-order valence-electron chi connectivity index (χ0n) is 10.4. The maximum atomic E-state index is 10.3. The Balaban J connectivity index is 0.000000534. The number of nitro groups is 3. The van der Waals surface area contributed by atoms with Gasteiger partial charge in [-0.1, -0.05) is 0 Å². The molecule has 0 fully saturated rings. The van der Waals surface area contributed by atoms with E-state index >= 15 is 0 Å². The van der Waals surface area contributed by atoms with E-state index in [4.69, 9.17) is 22.3 Å². The molecule has 0 unspecified atom stereocenters. The van der Waals surface area contributed by atoms with Crippen molar-refractivity contribution >= 4 is 17.7 Å². The number of hydrogen-bond donors (Lipinski definition) is 6. The molecule has 0 atom stereocenters. The van der Waals surface area contributed by atoms with Gasteiger partial charge in [0.2, 0.25) is 0 Å². The molecule has 120 valence electrons. The van der Waals surface area contributed by atoms with Crippen molar-refractivity contribution in [3.63, 3.8) is 0 Å². The molecule has 0 aliphatic rings. The van der Waals surface area contributed by atoms with Crippen molar-refractivity contribution in [2.75, 3.05) is 0 Å². The summed E-state index contributed by atoms with van der Waals surface area (Å²) < 4.78 is 0. The van der Waals surface area contributed by atoms with Crippen LogP contribution in [0.1, 0.15) is 11.9 Å². The third-order valence-corrected chi connectivity index (χ3v) is 1.64. The Labute approximate surface area is 119 Å². The van der Waals surface area contributed by atoms with E-state index in [-0.39, 0.29) is 11.9 Å². The summed E-state index contributed by atoms with van der Waals surface area (Å²) in [5, 5.41) is 53.5. The van der Waals surface area contributed by atoms with Crippen molar-refractivity contribution in [2.45, 2.75) is 6.17 Å². The van der Waals surface area contributed by atoms with Crippen LogP contribution in [0.3, 0.4) is 0 Å². The number of aromatic nitrogens is 3. The van der Waals surface area contributed by atoms with E-state index in [0.717, 1.165) is 0 Å². The average molecular weight is 319 g/mol. The van der Waals surface area contributed by atoms with Crippen molar-refractivity contribution in [3.05, 3.63) is 36.0 Å². The van der Waals surface area contributed by atoms with Crippen molar-refractivity contribution in [1.29, 1.82) is 10.8 Å². The summed E-state index contributed by atoms with van der Waals surface area (Å²) in [7, 11) is 0. The zero-order chi connectivity index (χ0) is 17.4. The van der Waals surface area contributed by atoms with Crippen molar-refractivity contribution in [2.24, 2.45) is 11.5 Å². The number of nitrogens with two attached hydrogens (primary N) is 2. The second kappa shape index (κ2) is 7.62. The highest BCUT2D eigenvalue weighted by Crippen LogP contribution is 2.22. The first-order chi connectivity index (χ1) is 10.1. The Hall–Kier alpha value is -3.92. The molecule has 22 heavy (non-hydrogen) atoms. The molecule has 1 aromatic rings. The van der Waals surface area contributed by atoms with Gasteiger partial charge < -0.3 is 21.6 Å². The molecule has 0 aliphatic heterocycles. The first-order valence-electron chi connectivity index (χ1n) is 4.85. The Morgan fingerprint density at radius 2 is 1.55 bits per heavy atom. The summed E-state index contributed by atoms with van der Waals surface area (Å²) in [5.74, 6) is -1.66. The van der Waals surface area contributed by atoms with Gasteiger partial charge in [0.05, 0.1) is 5.10 Å². The van der Waals surface area contributed by atoms with Crippen LogP contribution in [0.5, 0.6) is 0 Å². The molecule has 0 bridgehead atoms. The first-order valence-corrected chi connectivity index (χ1v) is 4.85. The van der Waals surface area contributed by atoms with Crippen LogP contribution in [0.15, 0.2) is 0 Å². The predicted molar refractivity (Wildman–Crippen MR) is 66.7 cm³/mol. The Morgan fingerprint density at radius 1 is 1.09 bits per heavy atom. The van der Waals surface area contributed by atoms with Crippen molar-refractivity contribution < 1.29 is 14.8 Å². The average Bonchev–Trinajstić information content (AvgIpc) is 2.75. The van der Waals surface area contributed by atoms with E-state index in [9.17, 15) is 30.3 Å². The van der Waals surface area contributed by atoms with Gasteiger partial charge >= 0.3 is 17.7 Å². The fourth-order valence-corrected chi connectivity index (χ4v) is 0.963. The number of aromatic amines is 1. The Morgan fingerprint density at radius 3 is 1.82 bits per heavy atom. The second-order valence-corrected chi connectivity index (χ2v) is 3.19. The minimum atomic E-state index is -2.50. The third kappa shape index (κ3) is 5.38. The van der Waals surface area contributed by atoms with E-state index in [0.29, 0.717) is 0 Å². The minimum Gasteiger partial charge on any atom is -0.370 e. The fourth-order valence-electron chi connectivity index (χ4n) is 0.963. The van der Waals surface area contributed by atoms with E-state index in [2.05, 4.69) is 10.2 Å². The maximum absolute atomic E-state index is 10.3. The van der Waals surface area contributed by atoms with Crippen LogP contribution in [0.4, 0.5) is 5.82 Å². The Bertz CT molecular complexity index is 582. The summed E-state index contributed by atoms with van der Waals surface area (Å²) in [6.45, 7) is 0. The van der Waals surface area contributed by atoms with Gasteiger partial charge in [-0.2, -0.15) is 0 Å². The first kappa shape index (κ1) is 18.1. The van der Waals surface area contributed by atoms with E-state index in [1.54, 1.807) is 5.21 Å². The van der Waals surface area contributed by atoms with E-state index in [1.807, 2.05) is 5.32 Å². The zero-order valence-corrected chi connectivity index (χ0v) is 10.4. The van der Waals surface area contributed by atoms with E-state index < -0.39 is 32.4 Å². The highest BCUT2D eigenvalue weighted by atomic mass is 16.7. The molecule has 8 N–H and O–H groups in total. The van der Waals surface area contributed by atoms with Crippen LogP contribution < -0.4 is 16.8 Å². The number of guanidine groups is 2. The lowest BCUT2D eigenvalue weighted by Gasteiger charge is -1.96. The number of rotatable bonds is 4. The van der Waals surface area contributed by atoms with Crippen molar-refractivity contribution in [1.82, 2.24) is 20.7 Å². The molecule has 1 aromatic heterocycles. The highest BCUT2D eigenvalue weighted by molar-refractivity contribution is 5.93. The lowest BCUT2D eigenvalue weighted by atomic mass is 10.3. The van der Waals surface area contributed by atoms with Gasteiger partial charge in [-0.3, -0.25) is 36.4 Å². The third-order valence-electron chi connectivity index (χ3n) is 1.64. The molecule has 17 nitrogen and oxygen atoms in total. The predicted octanol–water partition coefficient (Wildman–Crippen LogP) is -2.37. The van der Waals surface area contributed by atoms with Gasteiger partial charge in [0, 0.05) is 0 Å². The molecule has 1 rings (SSSR count). The van der Waals surface area contributed by atoms with Gasteiger partial charge in [0.15, 0.2) is 11.9 Å². The maximum Gasteiger partial charge on any atom is 0.503 e. The van der Waals surface area contributed by atoms with Crippen LogP contribution in [-0.2, 0) is 0 Å². The summed E-state index contributed by atoms with van der Waals surface area (Å²) >= 11 is 0. The van der Waals surface area contributed by atoms with Crippen LogP contribution in [-0.4, -0.2) is 42.1 Å². The van der Waals surface area contributed by atoms with Gasteiger partial charge in [-0.05, 0) is 4.92 Å². The number of nitrogens with zero attached hydrogens (tertiary/aromatic N) is 5. The SMILES string of the molecule is N=C(N)NC(=N)N.O=[N+]([O-])c1n[nH]nc1C([N+](=O)[O-])[N+](=O)[O-]. The van der Waals surface area contributed by atoms with Crippen molar-refractivity contribution in [3.8, 4) is 0 Å². The molecule has 17 heteroatoms. The van der Waals surface area contributed by atoms with Gasteiger partial charge in [-0.15, -0.1) is 10.3 Å². The fraction of sp³-hybridized carbons (Fsp3) is 0.200. The molecule has 0 aliphatic carbocycles. The number of nitrogens with one attached hydrogen (secondary N) is 4. The monoisotopic (exact) mass is 319 g/mol. The normalized spacial score (nSPS) is 9.32. The molecule has 0 amide bonds. The lowest BCUT2D eigenvalue weighted by Crippen LogP contribution is -2.39. The van der Waals surface area contributed by atoms with Crippen LogP contribution in [0.2, 0.25) is 0 Å². The molecular weight excluding hydrogens is 310 g/mol. The summed E-state index contributed by atoms with van der Waals surface area (Å²) in [4.78, 5) is 27.1. The second-order valence-electron chi connectivity index (χ2n) is 3.19. The van der Waals surface area contributed by atoms with Crippen LogP contribution in [0, 0.1) is 41.2 Å².